The topological polar surface area (TPSA) is 88.3 Å². The number of aliphatic hydroxyl groups is 1. The number of halogens is 3. The molecule has 1 fully saturated rings. The summed E-state index contributed by atoms with van der Waals surface area (Å²) in [6.07, 6.45) is 4.09. The molecule has 1 saturated heterocycles. The van der Waals surface area contributed by atoms with Crippen LogP contribution in [0.2, 0.25) is 0 Å². The van der Waals surface area contributed by atoms with Crippen molar-refractivity contribution in [2.75, 3.05) is 6.54 Å². The third-order valence-electron chi connectivity index (χ3n) is 4.76. The summed E-state index contributed by atoms with van der Waals surface area (Å²) in [5.41, 5.74) is -1.97. The van der Waals surface area contributed by atoms with Crippen molar-refractivity contribution in [2.45, 2.75) is 12.1 Å². The second kappa shape index (κ2) is 8.60. The number of carbonyl (C=O) groups is 2. The lowest BCUT2D eigenvalue weighted by atomic mass is 9.92. The maximum absolute atomic E-state index is 14.6. The minimum atomic E-state index is -2.14. The molecule has 164 valence electrons. The quantitative estimate of drug-likeness (QED) is 0.568. The summed E-state index contributed by atoms with van der Waals surface area (Å²) in [6, 6.07) is 7.91. The number of hydrogen-bond donors (Lipinski definition) is 1. The van der Waals surface area contributed by atoms with Crippen LogP contribution in [0.1, 0.15) is 11.1 Å². The summed E-state index contributed by atoms with van der Waals surface area (Å²) in [5, 5.41) is 18.4. The van der Waals surface area contributed by atoms with Crippen LogP contribution in [-0.2, 0) is 16.9 Å². The lowest BCUT2D eigenvalue weighted by Gasteiger charge is -2.31. The summed E-state index contributed by atoms with van der Waals surface area (Å²) < 4.78 is 41.1. The van der Waals surface area contributed by atoms with Gasteiger partial charge in [-0.1, -0.05) is 18.2 Å². The molecule has 0 saturated carbocycles. The number of amides is 2. The fourth-order valence-electron chi connectivity index (χ4n) is 3.25. The zero-order chi connectivity index (χ0) is 22.9. The van der Waals surface area contributed by atoms with Crippen molar-refractivity contribution in [1.82, 2.24) is 19.9 Å². The molecule has 2 aromatic carbocycles. The van der Waals surface area contributed by atoms with E-state index in [1.165, 1.54) is 42.7 Å². The van der Waals surface area contributed by atoms with Gasteiger partial charge in [-0.15, -0.1) is 0 Å². The van der Waals surface area contributed by atoms with Gasteiger partial charge < -0.3 is 5.11 Å². The standard InChI is InChI=1S/C21H15F3N4O3S/c22-14-3-1-13(2-4-14)9-18-19(29)27(20(30)32-18)11-21(31,12-28-25-7-8-26-28)16-6-5-15(23)10-17(16)24/h1-10,31H,11-12H2/b18-9-. The Labute approximate surface area is 184 Å². The highest BCUT2D eigenvalue weighted by molar-refractivity contribution is 8.18. The first kappa shape index (κ1) is 21.8. The van der Waals surface area contributed by atoms with Crippen molar-refractivity contribution in [3.8, 4) is 0 Å². The van der Waals surface area contributed by atoms with Crippen LogP contribution in [0.4, 0.5) is 18.0 Å². The molecule has 2 heterocycles. The van der Waals surface area contributed by atoms with E-state index < -0.39 is 47.3 Å². The second-order valence-corrected chi connectivity index (χ2v) is 8.03. The number of hydrogen-bond acceptors (Lipinski definition) is 6. The first-order valence-corrected chi connectivity index (χ1v) is 10.1. The molecule has 4 rings (SSSR count). The molecular formula is C21H15F3N4O3S. The van der Waals surface area contributed by atoms with Crippen molar-refractivity contribution < 1.29 is 27.9 Å². The zero-order valence-electron chi connectivity index (χ0n) is 16.3. The molecular weight excluding hydrogens is 445 g/mol. The molecule has 7 nitrogen and oxygen atoms in total. The van der Waals surface area contributed by atoms with Gasteiger partial charge in [0.15, 0.2) is 0 Å². The van der Waals surface area contributed by atoms with Gasteiger partial charge >= 0.3 is 0 Å². The molecule has 11 heteroatoms. The lowest BCUT2D eigenvalue weighted by molar-refractivity contribution is -0.126. The zero-order valence-corrected chi connectivity index (χ0v) is 17.1. The summed E-state index contributed by atoms with van der Waals surface area (Å²) in [7, 11) is 0. The van der Waals surface area contributed by atoms with Gasteiger partial charge in [-0.25, -0.2) is 13.2 Å². The van der Waals surface area contributed by atoms with E-state index in [0.29, 0.717) is 23.4 Å². The summed E-state index contributed by atoms with van der Waals surface area (Å²) in [6.45, 7) is -1.02. The smallest absolute Gasteiger partial charge is 0.293 e. The highest BCUT2D eigenvalue weighted by atomic mass is 32.2. The SMILES string of the molecule is O=C1S/C(=C\c2ccc(F)cc2)C(=O)N1CC(O)(Cn1nccn1)c1ccc(F)cc1F. The lowest BCUT2D eigenvalue weighted by Crippen LogP contribution is -2.46. The molecule has 3 aromatic rings. The van der Waals surface area contributed by atoms with Crippen molar-refractivity contribution in [1.29, 1.82) is 0 Å². The van der Waals surface area contributed by atoms with E-state index in [9.17, 15) is 27.9 Å². The molecule has 1 aliphatic heterocycles. The van der Waals surface area contributed by atoms with E-state index in [-0.39, 0.29) is 10.5 Å². The van der Waals surface area contributed by atoms with Gasteiger partial charge in [-0.3, -0.25) is 14.5 Å². The Balaban J connectivity index is 1.66. The van der Waals surface area contributed by atoms with Crippen molar-refractivity contribution in [3.63, 3.8) is 0 Å². The molecule has 1 N–H and O–H groups in total. The molecule has 1 aliphatic rings. The number of β-amino-alcohol motifs (C(OH)–C–C–N with tert-alkyl or cyclic N) is 1. The number of nitrogens with zero attached hydrogens (tertiary/aromatic N) is 4. The molecule has 1 atom stereocenters. The van der Waals surface area contributed by atoms with E-state index in [1.807, 2.05) is 0 Å². The number of thioether (sulfide) groups is 1. The van der Waals surface area contributed by atoms with Crippen LogP contribution in [0.15, 0.2) is 59.8 Å². The maximum atomic E-state index is 14.6. The number of rotatable bonds is 6. The van der Waals surface area contributed by atoms with Gasteiger partial charge in [0.25, 0.3) is 11.1 Å². The van der Waals surface area contributed by atoms with Gasteiger partial charge in [-0.05, 0) is 41.6 Å². The number of carbonyl (C=O) groups excluding carboxylic acids is 2. The number of imide groups is 1. The number of aromatic nitrogens is 3. The van der Waals surface area contributed by atoms with Crippen LogP contribution in [0.25, 0.3) is 6.08 Å². The summed E-state index contributed by atoms with van der Waals surface area (Å²) in [4.78, 5) is 27.3. The average molecular weight is 460 g/mol. The first-order valence-electron chi connectivity index (χ1n) is 9.28. The second-order valence-electron chi connectivity index (χ2n) is 7.03. The van der Waals surface area contributed by atoms with Crippen molar-refractivity contribution in [2.24, 2.45) is 0 Å². The molecule has 0 bridgehead atoms. The summed E-state index contributed by atoms with van der Waals surface area (Å²) in [5.74, 6) is -3.06. The molecule has 1 unspecified atom stereocenters. The van der Waals surface area contributed by atoms with Gasteiger partial charge in [0.05, 0.1) is 30.4 Å². The van der Waals surface area contributed by atoms with E-state index in [0.717, 1.165) is 21.8 Å². The van der Waals surface area contributed by atoms with E-state index >= 15 is 0 Å². The first-order chi connectivity index (χ1) is 15.2. The number of benzene rings is 2. The molecule has 0 spiro atoms. The minimum Gasteiger partial charge on any atom is -0.381 e. The van der Waals surface area contributed by atoms with Crippen LogP contribution in [0.3, 0.4) is 0 Å². The molecule has 1 aromatic heterocycles. The molecule has 2 amide bonds. The Bertz CT molecular complexity index is 1200. The fourth-order valence-corrected chi connectivity index (χ4v) is 4.09. The van der Waals surface area contributed by atoms with Gasteiger partial charge in [0.1, 0.15) is 23.1 Å². The Morgan fingerprint density at radius 2 is 1.62 bits per heavy atom. The molecule has 32 heavy (non-hydrogen) atoms. The van der Waals surface area contributed by atoms with E-state index in [4.69, 9.17) is 0 Å². The predicted molar refractivity (Wildman–Crippen MR) is 109 cm³/mol. The van der Waals surface area contributed by atoms with Crippen LogP contribution in [0.5, 0.6) is 0 Å². The van der Waals surface area contributed by atoms with Gasteiger partial charge in [0.2, 0.25) is 0 Å². The normalized spacial score (nSPS) is 17.2. The van der Waals surface area contributed by atoms with Crippen molar-refractivity contribution >= 4 is 29.0 Å². The Kier molecular flexibility index (Phi) is 5.85. The fraction of sp³-hybridized carbons (Fsp3) is 0.143. The summed E-state index contributed by atoms with van der Waals surface area (Å²) >= 11 is 0.633. The maximum Gasteiger partial charge on any atom is 0.293 e. The Morgan fingerprint density at radius 3 is 2.28 bits per heavy atom. The monoisotopic (exact) mass is 460 g/mol. The van der Waals surface area contributed by atoms with E-state index in [2.05, 4.69) is 10.2 Å². The highest BCUT2D eigenvalue weighted by Gasteiger charge is 2.43. The van der Waals surface area contributed by atoms with Gasteiger partial charge in [-0.2, -0.15) is 15.0 Å². The van der Waals surface area contributed by atoms with E-state index in [1.54, 1.807) is 0 Å². The van der Waals surface area contributed by atoms with Crippen LogP contribution >= 0.6 is 11.8 Å². The highest BCUT2D eigenvalue weighted by Crippen LogP contribution is 2.36. The largest absolute Gasteiger partial charge is 0.381 e. The average Bonchev–Trinajstić information content (AvgIpc) is 3.33. The predicted octanol–water partition coefficient (Wildman–Crippen LogP) is 3.32. The third-order valence-corrected chi connectivity index (χ3v) is 5.67. The van der Waals surface area contributed by atoms with Crippen LogP contribution in [0, 0.1) is 17.5 Å². The molecule has 0 radical (unpaired) electrons. The van der Waals surface area contributed by atoms with Crippen LogP contribution in [-0.4, -0.2) is 42.7 Å². The van der Waals surface area contributed by atoms with Crippen molar-refractivity contribution in [3.05, 3.63) is 88.3 Å². The third kappa shape index (κ3) is 4.43. The van der Waals surface area contributed by atoms with Crippen LogP contribution < -0.4 is 0 Å². The molecule has 0 aliphatic carbocycles. The Hall–Kier alpha value is -3.44. The minimum absolute atomic E-state index is 0.0563. The van der Waals surface area contributed by atoms with Gasteiger partial charge in [0, 0.05) is 11.6 Å². The Morgan fingerprint density at radius 1 is 0.969 bits per heavy atom.